The van der Waals surface area contributed by atoms with Crippen molar-refractivity contribution in [1.82, 2.24) is 5.32 Å². The summed E-state index contributed by atoms with van der Waals surface area (Å²) in [7, 11) is 1.68. The molecule has 0 saturated heterocycles. The Labute approximate surface area is 107 Å². The molecule has 5 nitrogen and oxygen atoms in total. The molecule has 2 saturated carbocycles. The summed E-state index contributed by atoms with van der Waals surface area (Å²) in [4.78, 5) is 23.1. The molecule has 2 fully saturated rings. The normalized spacial score (nSPS) is 37.3. The van der Waals surface area contributed by atoms with Gasteiger partial charge in [0.2, 0.25) is 5.91 Å². The highest BCUT2D eigenvalue weighted by Gasteiger charge is 2.66. The van der Waals surface area contributed by atoms with Crippen molar-refractivity contribution < 1.29 is 19.4 Å². The summed E-state index contributed by atoms with van der Waals surface area (Å²) in [6.07, 6.45) is 2.91. The number of hydrogen-bond donors (Lipinski definition) is 2. The Morgan fingerprint density at radius 2 is 1.94 bits per heavy atom. The van der Waals surface area contributed by atoms with Crippen LogP contribution in [0.5, 0.6) is 0 Å². The first-order valence-corrected chi connectivity index (χ1v) is 6.44. The van der Waals surface area contributed by atoms with E-state index in [1.807, 2.05) is 13.8 Å². The van der Waals surface area contributed by atoms with Crippen LogP contribution in [0.1, 0.15) is 33.1 Å². The molecule has 2 aliphatic carbocycles. The highest BCUT2D eigenvalue weighted by molar-refractivity contribution is 5.91. The Bertz CT molecular complexity index is 366. The lowest BCUT2D eigenvalue weighted by atomic mass is 10.1. The molecule has 0 aliphatic heterocycles. The zero-order chi connectivity index (χ0) is 13.5. The molecular weight excluding hydrogens is 234 g/mol. The van der Waals surface area contributed by atoms with Gasteiger partial charge in [0.15, 0.2) is 0 Å². The number of nitrogens with one attached hydrogen (secondary N) is 1. The van der Waals surface area contributed by atoms with Crippen molar-refractivity contribution in [2.45, 2.75) is 45.3 Å². The molecule has 4 atom stereocenters. The van der Waals surface area contributed by atoms with E-state index in [0.29, 0.717) is 0 Å². The summed E-state index contributed by atoms with van der Waals surface area (Å²) in [6.45, 7) is 3.67. The van der Waals surface area contributed by atoms with Gasteiger partial charge in [0.05, 0.1) is 17.9 Å². The summed E-state index contributed by atoms with van der Waals surface area (Å²) in [5.74, 6) is -1.93. The first-order valence-electron chi connectivity index (χ1n) is 6.44. The van der Waals surface area contributed by atoms with E-state index in [2.05, 4.69) is 5.32 Å². The van der Waals surface area contributed by atoms with Crippen LogP contribution in [0.25, 0.3) is 0 Å². The first kappa shape index (κ1) is 13.3. The maximum atomic E-state index is 12.1. The van der Waals surface area contributed by atoms with Gasteiger partial charge in [-0.05, 0) is 24.7 Å². The van der Waals surface area contributed by atoms with E-state index in [4.69, 9.17) is 9.84 Å². The van der Waals surface area contributed by atoms with Crippen LogP contribution in [-0.2, 0) is 14.3 Å². The topological polar surface area (TPSA) is 75.6 Å². The maximum absolute atomic E-state index is 12.1. The Balaban J connectivity index is 1.89. The number of ether oxygens (including phenoxy) is 1. The molecule has 0 aromatic heterocycles. The monoisotopic (exact) mass is 255 g/mol. The SMILES string of the molecule is COC1CCC(NC(=O)C2C(C(=O)O)C2(C)C)C1. The van der Waals surface area contributed by atoms with Crippen molar-refractivity contribution in [2.75, 3.05) is 7.11 Å². The Morgan fingerprint density at radius 1 is 1.28 bits per heavy atom. The summed E-state index contributed by atoms with van der Waals surface area (Å²) in [5, 5.41) is 12.0. The minimum Gasteiger partial charge on any atom is -0.481 e. The molecule has 0 aromatic carbocycles. The molecule has 4 unspecified atom stereocenters. The fourth-order valence-corrected chi connectivity index (χ4v) is 3.16. The van der Waals surface area contributed by atoms with Gasteiger partial charge < -0.3 is 15.2 Å². The van der Waals surface area contributed by atoms with E-state index >= 15 is 0 Å². The molecule has 1 amide bonds. The fourth-order valence-electron chi connectivity index (χ4n) is 3.16. The fraction of sp³-hybridized carbons (Fsp3) is 0.846. The van der Waals surface area contributed by atoms with Crippen LogP contribution in [0.4, 0.5) is 0 Å². The van der Waals surface area contributed by atoms with Crippen molar-refractivity contribution in [3.8, 4) is 0 Å². The van der Waals surface area contributed by atoms with Gasteiger partial charge in [-0.1, -0.05) is 13.8 Å². The zero-order valence-electron chi connectivity index (χ0n) is 11.1. The molecule has 2 rings (SSSR count). The van der Waals surface area contributed by atoms with Crippen LogP contribution in [0, 0.1) is 17.3 Å². The molecule has 102 valence electrons. The van der Waals surface area contributed by atoms with Crippen LogP contribution in [0.3, 0.4) is 0 Å². The van der Waals surface area contributed by atoms with Crippen LogP contribution in [0.15, 0.2) is 0 Å². The minimum atomic E-state index is -0.874. The van der Waals surface area contributed by atoms with E-state index < -0.39 is 23.2 Å². The number of amides is 1. The second-order valence-electron chi connectivity index (χ2n) is 5.99. The average Bonchev–Trinajstić information content (AvgIpc) is 2.67. The average molecular weight is 255 g/mol. The van der Waals surface area contributed by atoms with Gasteiger partial charge in [-0.3, -0.25) is 9.59 Å². The Hall–Kier alpha value is -1.10. The highest BCUT2D eigenvalue weighted by atomic mass is 16.5. The Kier molecular flexibility index (Phi) is 3.36. The highest BCUT2D eigenvalue weighted by Crippen LogP contribution is 2.58. The van der Waals surface area contributed by atoms with E-state index in [1.165, 1.54) is 0 Å². The quantitative estimate of drug-likeness (QED) is 0.786. The van der Waals surface area contributed by atoms with Crippen molar-refractivity contribution in [1.29, 1.82) is 0 Å². The molecule has 0 heterocycles. The smallest absolute Gasteiger partial charge is 0.307 e. The number of methoxy groups -OCH3 is 1. The predicted octanol–water partition coefficient (Wildman–Crippen LogP) is 1.03. The van der Waals surface area contributed by atoms with Crippen molar-refractivity contribution >= 4 is 11.9 Å². The molecule has 0 spiro atoms. The molecule has 0 radical (unpaired) electrons. The second kappa shape index (κ2) is 4.53. The van der Waals surface area contributed by atoms with Gasteiger partial charge in [0.25, 0.3) is 0 Å². The largest absolute Gasteiger partial charge is 0.481 e. The molecule has 2 aliphatic rings. The summed E-state index contributed by atoms with van der Waals surface area (Å²) < 4.78 is 5.25. The minimum absolute atomic E-state index is 0.117. The molecular formula is C13H21NO4. The van der Waals surface area contributed by atoms with Crippen LogP contribution in [0.2, 0.25) is 0 Å². The van der Waals surface area contributed by atoms with Crippen molar-refractivity contribution in [3.05, 3.63) is 0 Å². The van der Waals surface area contributed by atoms with Gasteiger partial charge in [0.1, 0.15) is 0 Å². The number of carbonyl (C=O) groups excluding carboxylic acids is 1. The second-order valence-corrected chi connectivity index (χ2v) is 5.99. The van der Waals surface area contributed by atoms with Gasteiger partial charge in [-0.25, -0.2) is 0 Å². The Morgan fingerprint density at radius 3 is 2.39 bits per heavy atom. The number of carboxylic acid groups (broad SMARTS) is 1. The number of carbonyl (C=O) groups is 2. The standard InChI is InChI=1S/C13H21NO4/c1-13(2)9(10(13)12(16)17)11(15)14-7-4-5-8(6-7)18-3/h7-10H,4-6H2,1-3H3,(H,14,15)(H,16,17). The van der Waals surface area contributed by atoms with Gasteiger partial charge in [-0.15, -0.1) is 0 Å². The third-order valence-corrected chi connectivity index (χ3v) is 4.44. The zero-order valence-corrected chi connectivity index (χ0v) is 11.1. The number of carboxylic acids is 1. The van der Waals surface area contributed by atoms with Crippen LogP contribution < -0.4 is 5.32 Å². The van der Waals surface area contributed by atoms with Crippen LogP contribution in [-0.4, -0.2) is 36.2 Å². The van der Waals surface area contributed by atoms with Crippen molar-refractivity contribution in [3.63, 3.8) is 0 Å². The summed E-state index contributed by atoms with van der Waals surface area (Å²) >= 11 is 0. The van der Waals surface area contributed by atoms with Gasteiger partial charge >= 0.3 is 5.97 Å². The van der Waals surface area contributed by atoms with Gasteiger partial charge in [-0.2, -0.15) is 0 Å². The molecule has 0 bridgehead atoms. The lowest BCUT2D eigenvalue weighted by Gasteiger charge is -2.13. The molecule has 2 N–H and O–H groups in total. The third kappa shape index (κ3) is 2.23. The van der Waals surface area contributed by atoms with E-state index in [0.717, 1.165) is 19.3 Å². The van der Waals surface area contributed by atoms with Crippen molar-refractivity contribution in [2.24, 2.45) is 17.3 Å². The molecule has 18 heavy (non-hydrogen) atoms. The number of aliphatic carboxylic acids is 1. The summed E-state index contributed by atoms with van der Waals surface area (Å²) in [5.41, 5.74) is -0.421. The molecule has 0 aromatic rings. The lowest BCUT2D eigenvalue weighted by molar-refractivity contribution is -0.140. The van der Waals surface area contributed by atoms with E-state index in [-0.39, 0.29) is 18.1 Å². The number of hydrogen-bond acceptors (Lipinski definition) is 3. The number of rotatable bonds is 4. The summed E-state index contributed by atoms with van der Waals surface area (Å²) in [6, 6.07) is 0.133. The van der Waals surface area contributed by atoms with Crippen LogP contribution >= 0.6 is 0 Å². The maximum Gasteiger partial charge on any atom is 0.307 e. The predicted molar refractivity (Wildman–Crippen MR) is 65.0 cm³/mol. The van der Waals surface area contributed by atoms with Gasteiger partial charge in [0, 0.05) is 13.2 Å². The molecule has 5 heteroatoms. The third-order valence-electron chi connectivity index (χ3n) is 4.44. The van der Waals surface area contributed by atoms with E-state index in [1.54, 1.807) is 7.11 Å². The first-order chi connectivity index (χ1) is 8.37. The lowest BCUT2D eigenvalue weighted by Crippen LogP contribution is -2.35. The van der Waals surface area contributed by atoms with E-state index in [9.17, 15) is 9.59 Å².